The molecule has 1 amide bonds. The lowest BCUT2D eigenvalue weighted by Crippen LogP contribution is -2.69. The lowest BCUT2D eigenvalue weighted by molar-refractivity contribution is -0.331. The fraction of sp³-hybridized carbons (Fsp3) is 0.917. The third-order valence-electron chi connectivity index (χ3n) is 4.34. The van der Waals surface area contributed by atoms with Crippen LogP contribution in [-0.2, 0) is 4.74 Å². The van der Waals surface area contributed by atoms with Crippen LogP contribution in [0.3, 0.4) is 0 Å². The van der Waals surface area contributed by atoms with E-state index in [1.165, 1.54) is 0 Å². The van der Waals surface area contributed by atoms with E-state index < -0.39 is 29.3 Å². The first kappa shape index (κ1) is 22.0. The SMILES string of the molecule is BC1(B)CN(C(=O)OC(B)(C(F)(F)F)C(F)(F)F)CCN1C(C)(C)C. The Kier molecular flexibility index (Phi) is 5.57. The van der Waals surface area contributed by atoms with Crippen molar-refractivity contribution in [3.63, 3.8) is 0 Å². The number of hydrogen-bond acceptors (Lipinski definition) is 3. The molecule has 0 radical (unpaired) electrons. The molecule has 0 saturated carbocycles. The maximum atomic E-state index is 12.9. The topological polar surface area (TPSA) is 32.8 Å². The number of alkyl halides is 6. The van der Waals surface area contributed by atoms with Gasteiger partial charge in [0.25, 0.3) is 5.50 Å². The van der Waals surface area contributed by atoms with Gasteiger partial charge in [-0.25, -0.2) is 4.79 Å². The Morgan fingerprint density at radius 3 is 1.76 bits per heavy atom. The highest BCUT2D eigenvalue weighted by atomic mass is 19.4. The van der Waals surface area contributed by atoms with Crippen molar-refractivity contribution >= 4 is 29.6 Å². The summed E-state index contributed by atoms with van der Waals surface area (Å²) in [5.41, 5.74) is -4.83. The second-order valence-corrected chi connectivity index (χ2v) is 7.95. The molecular formula is C12H21B3F6N2O2. The molecule has 1 aliphatic heterocycles. The molecule has 1 fully saturated rings. The van der Waals surface area contributed by atoms with Crippen LogP contribution in [0.1, 0.15) is 20.8 Å². The van der Waals surface area contributed by atoms with E-state index in [9.17, 15) is 31.1 Å². The molecule has 0 atom stereocenters. The second kappa shape index (κ2) is 6.31. The Morgan fingerprint density at radius 2 is 1.44 bits per heavy atom. The van der Waals surface area contributed by atoms with Crippen molar-refractivity contribution in [2.45, 2.75) is 49.5 Å². The standard InChI is InChI=1S/C12H21B3F6N2O2/c1-8(2,3)23-5-4-22(6-9(23,13)14)7(24)25-10(15,11(16,17)18)12(19,20)21/h4-6,13-15H2,1-3H3. The highest BCUT2D eigenvalue weighted by molar-refractivity contribution is 6.40. The lowest BCUT2D eigenvalue weighted by atomic mass is 9.58. The molecule has 0 spiro atoms. The predicted octanol–water partition coefficient (Wildman–Crippen LogP) is -0.0869. The summed E-state index contributed by atoms with van der Waals surface area (Å²) in [6.07, 6.45) is -13.2. The van der Waals surface area contributed by atoms with E-state index in [1.54, 1.807) is 15.7 Å². The molecule has 0 aromatic rings. The van der Waals surface area contributed by atoms with Gasteiger partial charge in [-0.05, 0) is 26.1 Å². The highest BCUT2D eigenvalue weighted by Gasteiger charge is 2.70. The van der Waals surface area contributed by atoms with Crippen molar-refractivity contribution < 1.29 is 35.9 Å². The zero-order chi connectivity index (χ0) is 20.1. The van der Waals surface area contributed by atoms with Crippen LogP contribution in [-0.4, -0.2) is 87.8 Å². The van der Waals surface area contributed by atoms with Gasteiger partial charge in [0, 0.05) is 25.2 Å². The molecule has 25 heavy (non-hydrogen) atoms. The summed E-state index contributed by atoms with van der Waals surface area (Å²) >= 11 is 0. The van der Waals surface area contributed by atoms with Gasteiger partial charge in [0.2, 0.25) is 0 Å². The number of hydrogen-bond donors (Lipinski definition) is 0. The normalized spacial score (nSPS) is 20.4. The smallest absolute Gasteiger partial charge is 0.428 e. The summed E-state index contributed by atoms with van der Waals surface area (Å²) < 4.78 is 81.2. The first-order valence-electron chi connectivity index (χ1n) is 7.72. The number of rotatable bonds is 1. The molecule has 1 rings (SSSR count). The van der Waals surface area contributed by atoms with Crippen LogP contribution >= 0.6 is 0 Å². The third kappa shape index (κ3) is 4.40. The number of halogens is 6. The van der Waals surface area contributed by atoms with Crippen LogP contribution in [0.2, 0.25) is 0 Å². The molecule has 0 aromatic heterocycles. The quantitative estimate of drug-likeness (QED) is 0.477. The first-order valence-corrected chi connectivity index (χ1v) is 7.72. The van der Waals surface area contributed by atoms with E-state index >= 15 is 0 Å². The van der Waals surface area contributed by atoms with Gasteiger partial charge in [0.05, 0.1) is 0 Å². The number of carbonyl (C=O) groups excluding carboxylic acids is 1. The fourth-order valence-electron chi connectivity index (χ4n) is 3.07. The zero-order valence-electron chi connectivity index (χ0n) is 15.1. The lowest BCUT2D eigenvalue weighted by Gasteiger charge is -2.53. The molecule has 0 aromatic carbocycles. The van der Waals surface area contributed by atoms with Gasteiger partial charge in [-0.3, -0.25) is 0 Å². The Bertz CT molecular complexity index is 504. The maximum Gasteiger partial charge on any atom is 0.428 e. The number of nitrogens with zero attached hydrogens (tertiary/aromatic N) is 2. The summed E-state index contributed by atoms with van der Waals surface area (Å²) in [6.45, 7) is 6.05. The third-order valence-corrected chi connectivity index (χ3v) is 4.34. The van der Waals surface area contributed by atoms with E-state index in [2.05, 4.69) is 4.74 Å². The van der Waals surface area contributed by atoms with Crippen molar-refractivity contribution in [1.29, 1.82) is 0 Å². The Labute approximate surface area is 145 Å². The summed E-state index contributed by atoms with van der Waals surface area (Å²) in [5.74, 6) is 0. The van der Waals surface area contributed by atoms with Crippen molar-refractivity contribution in [3.8, 4) is 0 Å². The maximum absolute atomic E-state index is 12.9. The first-order chi connectivity index (χ1) is 10.8. The Hall–Kier alpha value is -0.995. The summed E-state index contributed by atoms with van der Waals surface area (Å²) in [5, 5.41) is -0.637. The summed E-state index contributed by atoms with van der Waals surface area (Å²) in [4.78, 5) is 15.0. The van der Waals surface area contributed by atoms with Crippen LogP contribution in [0, 0.1) is 0 Å². The van der Waals surface area contributed by atoms with Crippen molar-refractivity contribution in [2.75, 3.05) is 19.6 Å². The van der Waals surface area contributed by atoms with Crippen LogP contribution < -0.4 is 0 Å². The Balaban J connectivity index is 2.99. The minimum atomic E-state index is -5.77. The van der Waals surface area contributed by atoms with E-state index in [-0.39, 0.29) is 26.5 Å². The minimum absolute atomic E-state index is 0.0225. The molecule has 13 heteroatoms. The van der Waals surface area contributed by atoms with Gasteiger partial charge in [-0.1, -0.05) is 0 Å². The average Bonchev–Trinajstić information content (AvgIpc) is 2.32. The average molecular weight is 372 g/mol. The highest BCUT2D eigenvalue weighted by Crippen LogP contribution is 2.44. The molecule has 4 nitrogen and oxygen atoms in total. The second-order valence-electron chi connectivity index (χ2n) is 7.95. The number of piperazine rings is 1. The van der Waals surface area contributed by atoms with Crippen LogP contribution in [0.4, 0.5) is 31.1 Å². The summed E-state index contributed by atoms with van der Waals surface area (Å²) in [6, 6.07) is 0. The van der Waals surface area contributed by atoms with Crippen molar-refractivity contribution in [1.82, 2.24) is 9.80 Å². The van der Waals surface area contributed by atoms with E-state index in [4.69, 9.17) is 0 Å². The van der Waals surface area contributed by atoms with Gasteiger partial charge in [0.1, 0.15) is 15.7 Å². The largest absolute Gasteiger partial charge is 0.433 e. The van der Waals surface area contributed by atoms with E-state index in [1.807, 2.05) is 25.7 Å². The van der Waals surface area contributed by atoms with Gasteiger partial charge in [-0.2, -0.15) is 26.3 Å². The predicted molar refractivity (Wildman–Crippen MR) is 87.7 cm³/mol. The van der Waals surface area contributed by atoms with Gasteiger partial charge in [0.15, 0.2) is 7.85 Å². The summed E-state index contributed by atoms with van der Waals surface area (Å²) in [7, 11) is 3.36. The van der Waals surface area contributed by atoms with Crippen LogP contribution in [0.25, 0.3) is 0 Å². The van der Waals surface area contributed by atoms with Crippen LogP contribution in [0.5, 0.6) is 0 Å². The number of ether oxygens (including phenoxy) is 1. The number of amides is 1. The van der Waals surface area contributed by atoms with E-state index in [0.29, 0.717) is 6.54 Å². The van der Waals surface area contributed by atoms with Crippen LogP contribution in [0.15, 0.2) is 0 Å². The monoisotopic (exact) mass is 372 g/mol. The van der Waals surface area contributed by atoms with Crippen molar-refractivity contribution in [3.05, 3.63) is 0 Å². The molecular weight excluding hydrogens is 351 g/mol. The molecule has 0 aliphatic carbocycles. The molecule has 1 saturated heterocycles. The molecule has 0 N–H and O–H groups in total. The Morgan fingerprint density at radius 1 is 1.00 bits per heavy atom. The molecule has 142 valence electrons. The number of carbonyl (C=O) groups is 1. The molecule has 1 heterocycles. The van der Waals surface area contributed by atoms with E-state index in [0.717, 1.165) is 4.90 Å². The van der Waals surface area contributed by atoms with Gasteiger partial charge >= 0.3 is 18.4 Å². The molecule has 0 bridgehead atoms. The zero-order valence-corrected chi connectivity index (χ0v) is 15.1. The van der Waals surface area contributed by atoms with Crippen molar-refractivity contribution in [2.24, 2.45) is 0 Å². The molecule has 1 aliphatic rings. The van der Waals surface area contributed by atoms with Gasteiger partial charge < -0.3 is 14.5 Å². The molecule has 0 unspecified atom stereocenters. The fourth-order valence-corrected chi connectivity index (χ4v) is 3.07. The minimum Gasteiger partial charge on any atom is -0.433 e. The van der Waals surface area contributed by atoms with Gasteiger partial charge in [-0.15, -0.1) is 0 Å².